The molecule has 0 saturated carbocycles. The Balaban J connectivity index is 2.12. The van der Waals surface area contributed by atoms with Gasteiger partial charge < -0.3 is 0 Å². The van der Waals surface area contributed by atoms with Gasteiger partial charge in [-0.05, 0) is 22.7 Å². The van der Waals surface area contributed by atoms with Gasteiger partial charge in [-0.25, -0.2) is 0 Å². The molecular formula is C5H8N2S4. The van der Waals surface area contributed by atoms with Crippen LogP contribution < -0.4 is 0 Å². The molecule has 2 nitrogen and oxygen atoms in total. The van der Waals surface area contributed by atoms with E-state index in [9.17, 15) is 0 Å². The van der Waals surface area contributed by atoms with Crippen molar-refractivity contribution >= 4 is 50.7 Å². The Kier molecular flexibility index (Phi) is 4.86. The van der Waals surface area contributed by atoms with Crippen molar-refractivity contribution in [3.8, 4) is 0 Å². The maximum Gasteiger partial charge on any atom is 0.152 e. The van der Waals surface area contributed by atoms with Crippen molar-refractivity contribution in [1.29, 1.82) is 0 Å². The normalized spacial score (nSPS) is 18.5. The molecule has 1 rings (SSSR count). The van der Waals surface area contributed by atoms with Crippen LogP contribution in [0, 0.1) is 0 Å². The quantitative estimate of drug-likeness (QED) is 0.261. The lowest BCUT2D eigenvalue weighted by atomic mass is 10.8. The summed E-state index contributed by atoms with van der Waals surface area (Å²) in [4.78, 5) is 4.23. The van der Waals surface area contributed by atoms with Crippen molar-refractivity contribution in [2.24, 2.45) is 4.99 Å². The van der Waals surface area contributed by atoms with Gasteiger partial charge in [0.2, 0.25) is 0 Å². The van der Waals surface area contributed by atoms with Crippen molar-refractivity contribution in [2.45, 2.75) is 0 Å². The van der Waals surface area contributed by atoms with Crippen LogP contribution in [0.3, 0.4) is 0 Å². The largest absolute Gasteiger partial charge is 0.252 e. The molecule has 62 valence electrons. The van der Waals surface area contributed by atoms with E-state index in [0.29, 0.717) is 6.67 Å². The first-order valence-electron chi connectivity index (χ1n) is 2.92. The van der Waals surface area contributed by atoms with Crippen LogP contribution in [0.5, 0.6) is 0 Å². The average molecular weight is 224 g/mol. The summed E-state index contributed by atoms with van der Waals surface area (Å²) in [5, 5.41) is 0. The molecule has 0 aromatic heterocycles. The number of nitrogens with zero attached hydrogens (tertiary/aromatic N) is 2. The van der Waals surface area contributed by atoms with Gasteiger partial charge in [0, 0.05) is 5.75 Å². The Hall–Kier alpha value is 0.770. The lowest BCUT2D eigenvalue weighted by molar-refractivity contribution is 0.794. The third kappa shape index (κ3) is 3.80. The zero-order valence-corrected chi connectivity index (χ0v) is 9.11. The fourth-order valence-corrected chi connectivity index (χ4v) is 3.74. The second-order valence-corrected chi connectivity index (χ2v) is 6.02. The van der Waals surface area contributed by atoms with E-state index >= 15 is 0 Å². The Morgan fingerprint density at radius 3 is 3.27 bits per heavy atom. The fraction of sp³-hybridized carbons (Fsp3) is 0.400. The molecule has 0 aromatic rings. The van der Waals surface area contributed by atoms with E-state index in [1.54, 1.807) is 37.2 Å². The van der Waals surface area contributed by atoms with E-state index in [4.69, 9.17) is 0 Å². The molecule has 0 atom stereocenters. The fourth-order valence-electron chi connectivity index (χ4n) is 0.440. The van der Waals surface area contributed by atoms with Crippen LogP contribution in [-0.4, -0.2) is 20.5 Å². The molecule has 0 aliphatic carbocycles. The molecule has 0 spiro atoms. The number of hydrogen-bond acceptors (Lipinski definition) is 6. The van der Waals surface area contributed by atoms with E-state index in [-0.39, 0.29) is 0 Å². The summed E-state index contributed by atoms with van der Waals surface area (Å²) < 4.78 is 2.88. The van der Waals surface area contributed by atoms with Crippen molar-refractivity contribution in [2.75, 3.05) is 12.4 Å². The first-order chi connectivity index (χ1) is 5.33. The molecular weight excluding hydrogens is 216 g/mol. The molecule has 1 aliphatic rings. The predicted octanol–water partition coefficient (Wildman–Crippen LogP) is 2.68. The summed E-state index contributed by atoms with van der Waals surface area (Å²) >= 11 is 5.71. The summed E-state index contributed by atoms with van der Waals surface area (Å²) in [7, 11) is 3.42. The van der Waals surface area contributed by atoms with Crippen LogP contribution in [0.4, 0.5) is 0 Å². The van der Waals surface area contributed by atoms with Crippen molar-refractivity contribution in [3.63, 3.8) is 0 Å². The zero-order valence-electron chi connectivity index (χ0n) is 5.77. The monoisotopic (exact) mass is 224 g/mol. The molecule has 0 fully saturated rings. The lowest BCUT2D eigenvalue weighted by Crippen LogP contribution is -1.93. The van der Waals surface area contributed by atoms with Crippen LogP contribution in [0.1, 0.15) is 0 Å². The molecule has 0 amide bonds. The van der Waals surface area contributed by atoms with Crippen molar-refractivity contribution in [3.05, 3.63) is 12.7 Å². The third-order valence-corrected chi connectivity index (χ3v) is 4.59. The summed E-state index contributed by atoms with van der Waals surface area (Å²) in [5.41, 5.74) is 0. The Morgan fingerprint density at radius 1 is 1.91 bits per heavy atom. The van der Waals surface area contributed by atoms with E-state index in [2.05, 4.69) is 24.4 Å². The van der Waals surface area contributed by atoms with Gasteiger partial charge in [0.05, 0.1) is 0 Å². The summed E-state index contributed by atoms with van der Waals surface area (Å²) in [5.74, 6) is 0.955. The van der Waals surface area contributed by atoms with Gasteiger partial charge in [0.1, 0.15) is 6.67 Å². The van der Waals surface area contributed by atoms with E-state index in [1.807, 2.05) is 6.08 Å². The SMILES string of the molecule is C=CCSSC1=NCN(S)S1. The highest BCUT2D eigenvalue weighted by atomic mass is 33.1. The maximum absolute atomic E-state index is 4.23. The summed E-state index contributed by atoms with van der Waals surface area (Å²) in [6.07, 6.45) is 1.89. The van der Waals surface area contributed by atoms with Crippen molar-refractivity contribution in [1.82, 2.24) is 3.71 Å². The van der Waals surface area contributed by atoms with Crippen LogP contribution >= 0.6 is 46.4 Å². The van der Waals surface area contributed by atoms with Gasteiger partial charge in [-0.15, -0.1) is 6.58 Å². The Bertz CT molecular complexity index is 170. The van der Waals surface area contributed by atoms with Crippen molar-refractivity contribution < 1.29 is 0 Å². The molecule has 0 saturated heterocycles. The molecule has 0 N–H and O–H groups in total. The Morgan fingerprint density at radius 2 is 2.73 bits per heavy atom. The van der Waals surface area contributed by atoms with Gasteiger partial charge in [-0.3, -0.25) is 4.99 Å². The predicted molar refractivity (Wildman–Crippen MR) is 61.0 cm³/mol. The molecule has 0 bridgehead atoms. The standard InChI is InChI=1S/C5H8N2S4/c1-2-3-9-11-5-6-4-7(8)10-5/h2,8H,1,3-4H2. The van der Waals surface area contributed by atoms with Gasteiger partial charge in [-0.1, -0.05) is 29.7 Å². The highest BCUT2D eigenvalue weighted by Gasteiger charge is 2.13. The molecule has 0 radical (unpaired) electrons. The van der Waals surface area contributed by atoms with E-state index in [1.165, 1.54) is 0 Å². The minimum Gasteiger partial charge on any atom is -0.252 e. The van der Waals surface area contributed by atoms with Crippen LogP contribution in [0.15, 0.2) is 17.6 Å². The number of thiol groups is 1. The van der Waals surface area contributed by atoms with Crippen LogP contribution in [0.25, 0.3) is 0 Å². The molecule has 11 heavy (non-hydrogen) atoms. The second-order valence-electron chi connectivity index (χ2n) is 1.67. The zero-order chi connectivity index (χ0) is 8.10. The number of rotatable bonds is 3. The van der Waals surface area contributed by atoms with E-state index < -0.39 is 0 Å². The van der Waals surface area contributed by atoms with Gasteiger partial charge in [-0.2, -0.15) is 3.71 Å². The first kappa shape index (κ1) is 9.85. The van der Waals surface area contributed by atoms with Gasteiger partial charge in [0.25, 0.3) is 0 Å². The highest BCUT2D eigenvalue weighted by molar-refractivity contribution is 8.86. The maximum atomic E-state index is 4.23. The highest BCUT2D eigenvalue weighted by Crippen LogP contribution is 2.34. The number of aliphatic imine (C=N–C) groups is 1. The smallest absolute Gasteiger partial charge is 0.152 e. The summed E-state index contributed by atoms with van der Waals surface area (Å²) in [6, 6.07) is 0. The van der Waals surface area contributed by atoms with Gasteiger partial charge in [0.15, 0.2) is 4.38 Å². The minimum absolute atomic E-state index is 0.685. The first-order valence-corrected chi connectivity index (χ1v) is 6.41. The lowest BCUT2D eigenvalue weighted by Gasteiger charge is -1.99. The third-order valence-electron chi connectivity index (χ3n) is 0.820. The molecule has 0 aromatic carbocycles. The number of hydrogen-bond donors (Lipinski definition) is 1. The van der Waals surface area contributed by atoms with E-state index in [0.717, 1.165) is 10.1 Å². The molecule has 0 unspecified atom stereocenters. The summed E-state index contributed by atoms with van der Waals surface area (Å²) in [6.45, 7) is 4.32. The van der Waals surface area contributed by atoms with Gasteiger partial charge >= 0.3 is 0 Å². The van der Waals surface area contributed by atoms with Crippen LogP contribution in [-0.2, 0) is 0 Å². The minimum atomic E-state index is 0.685. The second kappa shape index (κ2) is 5.42. The topological polar surface area (TPSA) is 15.6 Å². The molecule has 1 aliphatic heterocycles. The average Bonchev–Trinajstić information content (AvgIpc) is 2.37. The Labute approximate surface area is 84.4 Å². The molecule has 6 heteroatoms. The molecule has 1 heterocycles. The van der Waals surface area contributed by atoms with Crippen LogP contribution in [0.2, 0.25) is 0 Å².